The summed E-state index contributed by atoms with van der Waals surface area (Å²) in [5, 5.41) is 9.45. The second-order valence-corrected chi connectivity index (χ2v) is 7.34. The van der Waals surface area contributed by atoms with Crippen LogP contribution < -0.4 is 0 Å². The maximum atomic E-state index is 13.6. The largest absolute Gasteiger partial charge is 0.480 e. The molecule has 6 nitrogen and oxygen atoms in total. The number of nitrogens with zero attached hydrogens (tertiary/aromatic N) is 3. The fraction of sp³-hybridized carbons (Fsp3) is 0.579. The molecule has 0 aliphatic carbocycles. The van der Waals surface area contributed by atoms with Crippen molar-refractivity contribution in [2.45, 2.75) is 24.3 Å². The van der Waals surface area contributed by atoms with Gasteiger partial charge in [-0.25, -0.2) is 0 Å². The molecule has 6 heteroatoms. The second kappa shape index (κ2) is 7.14. The molecule has 2 aliphatic rings. The van der Waals surface area contributed by atoms with Crippen molar-refractivity contribution in [3.8, 4) is 0 Å². The molecule has 1 unspecified atom stereocenters. The molecular weight excluding hydrogens is 318 g/mol. The average molecular weight is 345 g/mol. The van der Waals surface area contributed by atoms with Gasteiger partial charge in [0.25, 0.3) is 0 Å². The lowest BCUT2D eigenvalue weighted by Gasteiger charge is -2.45. The lowest BCUT2D eigenvalue weighted by atomic mass is 9.71. The predicted octanol–water partition coefficient (Wildman–Crippen LogP) is 0.877. The maximum Gasteiger partial charge on any atom is 0.322 e. The lowest BCUT2D eigenvalue weighted by Crippen LogP contribution is -2.61. The molecule has 0 aromatic heterocycles. The number of piperidine rings is 1. The van der Waals surface area contributed by atoms with Crippen LogP contribution in [0.25, 0.3) is 0 Å². The van der Waals surface area contributed by atoms with Crippen molar-refractivity contribution >= 4 is 11.9 Å². The molecule has 0 saturated carbocycles. The average Bonchev–Trinajstić information content (AvgIpc) is 2.63. The van der Waals surface area contributed by atoms with Crippen LogP contribution in [0.5, 0.6) is 0 Å². The van der Waals surface area contributed by atoms with E-state index in [0.29, 0.717) is 13.1 Å². The number of carbonyl (C=O) groups is 2. The first-order valence-corrected chi connectivity index (χ1v) is 8.90. The van der Waals surface area contributed by atoms with Gasteiger partial charge in [-0.1, -0.05) is 30.3 Å². The van der Waals surface area contributed by atoms with Crippen LogP contribution in [0.4, 0.5) is 0 Å². The summed E-state index contributed by atoms with van der Waals surface area (Å²) in [7, 11) is 3.89. The molecule has 2 aliphatic heterocycles. The molecule has 1 atom stereocenters. The van der Waals surface area contributed by atoms with E-state index >= 15 is 0 Å². The van der Waals surface area contributed by atoms with Gasteiger partial charge in [0.15, 0.2) is 0 Å². The van der Waals surface area contributed by atoms with Gasteiger partial charge < -0.3 is 14.9 Å². The van der Waals surface area contributed by atoms with Crippen molar-refractivity contribution < 1.29 is 14.7 Å². The lowest BCUT2D eigenvalue weighted by molar-refractivity contribution is -0.150. The highest BCUT2D eigenvalue weighted by Crippen LogP contribution is 2.37. The Balaban J connectivity index is 1.89. The zero-order valence-electron chi connectivity index (χ0n) is 15.0. The number of benzene rings is 1. The number of likely N-dealkylation sites (N-methyl/N-ethyl adjacent to an activating group) is 1. The number of hydrogen-bond donors (Lipinski definition) is 1. The molecule has 0 bridgehead atoms. The van der Waals surface area contributed by atoms with Gasteiger partial charge in [0.2, 0.25) is 5.91 Å². The Morgan fingerprint density at radius 3 is 2.28 bits per heavy atom. The first kappa shape index (κ1) is 17.9. The molecule has 2 fully saturated rings. The summed E-state index contributed by atoms with van der Waals surface area (Å²) in [6.45, 7) is 3.18. The number of rotatable bonds is 3. The quantitative estimate of drug-likeness (QED) is 0.881. The van der Waals surface area contributed by atoms with E-state index in [2.05, 4.69) is 11.9 Å². The molecule has 0 spiro atoms. The van der Waals surface area contributed by atoms with Gasteiger partial charge in [0, 0.05) is 19.6 Å². The smallest absolute Gasteiger partial charge is 0.322 e. The highest BCUT2D eigenvalue weighted by Gasteiger charge is 2.46. The first-order valence-electron chi connectivity index (χ1n) is 8.90. The van der Waals surface area contributed by atoms with Gasteiger partial charge in [-0.2, -0.15) is 0 Å². The molecule has 1 aromatic rings. The Hall–Kier alpha value is -1.92. The number of aliphatic carboxylic acids is 1. The van der Waals surface area contributed by atoms with Crippen LogP contribution >= 0.6 is 0 Å². The summed E-state index contributed by atoms with van der Waals surface area (Å²) in [4.78, 5) is 30.9. The third kappa shape index (κ3) is 3.41. The maximum absolute atomic E-state index is 13.6. The summed E-state index contributed by atoms with van der Waals surface area (Å²) >= 11 is 0. The minimum atomic E-state index is -0.864. The van der Waals surface area contributed by atoms with Crippen LogP contribution in [0.1, 0.15) is 18.4 Å². The van der Waals surface area contributed by atoms with E-state index in [1.165, 1.54) is 0 Å². The molecule has 1 amide bonds. The standard InChI is InChI=1S/C19H27N3O3/c1-20-10-8-19(9-11-20,15-6-4-3-5-7-15)18(25)22-13-12-21(2)16(14-22)17(23)24/h3-7,16H,8-14H2,1-2H3,(H,23,24). The van der Waals surface area contributed by atoms with Crippen molar-refractivity contribution in [2.75, 3.05) is 46.8 Å². The summed E-state index contributed by atoms with van der Waals surface area (Å²) < 4.78 is 0. The molecule has 1 N–H and O–H groups in total. The minimum absolute atomic E-state index is 0.0890. The normalized spacial score (nSPS) is 24.9. The van der Waals surface area contributed by atoms with E-state index in [1.54, 1.807) is 4.90 Å². The summed E-state index contributed by atoms with van der Waals surface area (Å²) in [6, 6.07) is 9.37. The van der Waals surface area contributed by atoms with Crippen molar-refractivity contribution in [3.63, 3.8) is 0 Å². The molecule has 136 valence electrons. The SMILES string of the molecule is CN1CCC(C(=O)N2CCN(C)C(C(=O)O)C2)(c2ccccc2)CC1. The molecule has 2 saturated heterocycles. The van der Waals surface area contributed by atoms with Gasteiger partial charge in [-0.05, 0) is 45.6 Å². The van der Waals surface area contributed by atoms with Crippen molar-refractivity contribution in [3.05, 3.63) is 35.9 Å². The van der Waals surface area contributed by atoms with Crippen molar-refractivity contribution in [1.82, 2.24) is 14.7 Å². The second-order valence-electron chi connectivity index (χ2n) is 7.34. The third-order valence-corrected chi connectivity index (χ3v) is 5.80. The fourth-order valence-electron chi connectivity index (χ4n) is 4.01. The summed E-state index contributed by atoms with van der Waals surface area (Å²) in [5.41, 5.74) is 0.520. The van der Waals surface area contributed by atoms with Crippen LogP contribution in [-0.2, 0) is 15.0 Å². The van der Waals surface area contributed by atoms with E-state index in [1.807, 2.05) is 42.3 Å². The van der Waals surface area contributed by atoms with Crippen LogP contribution in [0, 0.1) is 0 Å². The van der Waals surface area contributed by atoms with Crippen LogP contribution in [0.2, 0.25) is 0 Å². The zero-order valence-corrected chi connectivity index (χ0v) is 15.0. The van der Waals surface area contributed by atoms with E-state index in [-0.39, 0.29) is 12.5 Å². The van der Waals surface area contributed by atoms with Gasteiger partial charge in [0.05, 0.1) is 5.41 Å². The number of amides is 1. The molecule has 1 aromatic carbocycles. The van der Waals surface area contributed by atoms with E-state index in [4.69, 9.17) is 0 Å². The van der Waals surface area contributed by atoms with Crippen LogP contribution in [0.15, 0.2) is 30.3 Å². The minimum Gasteiger partial charge on any atom is -0.480 e. The van der Waals surface area contributed by atoms with Crippen LogP contribution in [-0.4, -0.2) is 84.5 Å². The van der Waals surface area contributed by atoms with Gasteiger partial charge >= 0.3 is 5.97 Å². The molecule has 2 heterocycles. The fourth-order valence-corrected chi connectivity index (χ4v) is 4.01. The van der Waals surface area contributed by atoms with Crippen molar-refractivity contribution in [1.29, 1.82) is 0 Å². The third-order valence-electron chi connectivity index (χ3n) is 5.80. The number of carboxylic acids is 1. The number of likely N-dealkylation sites (tertiary alicyclic amines) is 1. The Kier molecular flexibility index (Phi) is 5.11. The van der Waals surface area contributed by atoms with Gasteiger partial charge in [-0.15, -0.1) is 0 Å². The molecule has 25 heavy (non-hydrogen) atoms. The summed E-state index contributed by atoms with van der Waals surface area (Å²) in [6.07, 6.45) is 1.55. The van der Waals surface area contributed by atoms with E-state index < -0.39 is 17.4 Å². The molecule has 0 radical (unpaired) electrons. The van der Waals surface area contributed by atoms with Gasteiger partial charge in [0.1, 0.15) is 6.04 Å². The Bertz CT molecular complexity index is 626. The Morgan fingerprint density at radius 1 is 1.04 bits per heavy atom. The van der Waals surface area contributed by atoms with Crippen molar-refractivity contribution in [2.24, 2.45) is 0 Å². The highest BCUT2D eigenvalue weighted by atomic mass is 16.4. The predicted molar refractivity (Wildman–Crippen MR) is 95.5 cm³/mol. The van der Waals surface area contributed by atoms with E-state index in [0.717, 1.165) is 31.5 Å². The van der Waals surface area contributed by atoms with E-state index in [9.17, 15) is 14.7 Å². The number of hydrogen-bond acceptors (Lipinski definition) is 4. The molecule has 3 rings (SSSR count). The Labute approximate surface area is 149 Å². The zero-order chi connectivity index (χ0) is 18.0. The number of carboxylic acid groups (broad SMARTS) is 1. The molecular formula is C19H27N3O3. The van der Waals surface area contributed by atoms with Crippen LogP contribution in [0.3, 0.4) is 0 Å². The monoisotopic (exact) mass is 345 g/mol. The topological polar surface area (TPSA) is 64.1 Å². The Morgan fingerprint density at radius 2 is 1.68 bits per heavy atom. The highest BCUT2D eigenvalue weighted by molar-refractivity contribution is 5.89. The van der Waals surface area contributed by atoms with Gasteiger partial charge in [-0.3, -0.25) is 14.5 Å². The summed E-state index contributed by atoms with van der Waals surface area (Å²) in [5.74, 6) is -0.775. The number of piperazine rings is 1. The number of carbonyl (C=O) groups excluding carboxylic acids is 1. The first-order chi connectivity index (χ1) is 11.9.